The first-order chi connectivity index (χ1) is 15.5. The number of anilines is 2. The second-order valence-corrected chi connectivity index (χ2v) is 12.7. The molecule has 0 radical (unpaired) electrons. The molecule has 0 aromatic heterocycles. The Morgan fingerprint density at radius 3 is 2.30 bits per heavy atom. The quantitative estimate of drug-likeness (QED) is 0.614. The number of hydrogen-bond acceptors (Lipinski definition) is 6. The van der Waals surface area contributed by atoms with Crippen LogP contribution < -0.4 is 9.44 Å². The van der Waals surface area contributed by atoms with E-state index in [1.165, 1.54) is 5.56 Å². The number of sulfonamides is 2. The van der Waals surface area contributed by atoms with E-state index in [0.29, 0.717) is 18.0 Å². The molecule has 1 atom stereocenters. The van der Waals surface area contributed by atoms with Gasteiger partial charge in [-0.2, -0.15) is 0 Å². The molecule has 2 aliphatic rings. The number of fused-ring (bicyclic) bond motifs is 1. The number of ether oxygens (including phenoxy) is 1. The van der Waals surface area contributed by atoms with Crippen molar-refractivity contribution in [2.75, 3.05) is 41.6 Å². The third kappa shape index (κ3) is 6.69. The van der Waals surface area contributed by atoms with Crippen LogP contribution in [0.4, 0.5) is 11.4 Å². The summed E-state index contributed by atoms with van der Waals surface area (Å²) in [4.78, 5) is 2.44. The summed E-state index contributed by atoms with van der Waals surface area (Å²) in [6.45, 7) is 3.29. The maximum absolute atomic E-state index is 11.5. The Bertz CT molecular complexity index is 1210. The van der Waals surface area contributed by atoms with Gasteiger partial charge in [0.05, 0.1) is 24.7 Å². The van der Waals surface area contributed by atoms with Gasteiger partial charge in [-0.15, -0.1) is 0 Å². The summed E-state index contributed by atoms with van der Waals surface area (Å²) in [5, 5.41) is 0. The van der Waals surface area contributed by atoms with Crippen LogP contribution in [-0.2, 0) is 44.2 Å². The largest absolute Gasteiger partial charge is 0.369 e. The first-order valence-electron chi connectivity index (χ1n) is 11.0. The van der Waals surface area contributed by atoms with Crippen molar-refractivity contribution in [2.45, 2.75) is 37.9 Å². The van der Waals surface area contributed by atoms with Gasteiger partial charge < -0.3 is 9.64 Å². The number of benzene rings is 2. The van der Waals surface area contributed by atoms with Crippen molar-refractivity contribution in [1.29, 1.82) is 0 Å². The van der Waals surface area contributed by atoms with E-state index in [1.54, 1.807) is 12.1 Å². The minimum absolute atomic E-state index is 0.208. The fourth-order valence-electron chi connectivity index (χ4n) is 4.72. The molecule has 33 heavy (non-hydrogen) atoms. The lowest BCUT2D eigenvalue weighted by Gasteiger charge is -2.45. The average Bonchev–Trinajstić information content (AvgIpc) is 2.71. The van der Waals surface area contributed by atoms with Gasteiger partial charge in [0, 0.05) is 30.9 Å². The van der Waals surface area contributed by atoms with Crippen molar-refractivity contribution in [3.8, 4) is 0 Å². The third-order valence-electron chi connectivity index (χ3n) is 6.15. The Morgan fingerprint density at radius 1 is 0.939 bits per heavy atom. The number of nitrogens with one attached hydrogen (secondary N) is 2. The molecule has 4 rings (SSSR count). The minimum Gasteiger partial charge on any atom is -0.369 e. The molecular weight excluding hydrogens is 462 g/mol. The van der Waals surface area contributed by atoms with E-state index < -0.39 is 20.0 Å². The molecule has 2 N–H and O–H groups in total. The zero-order chi connectivity index (χ0) is 23.7. The fraction of sp³-hybridized carbons (Fsp3) is 0.478. The molecule has 180 valence electrons. The highest BCUT2D eigenvalue weighted by Crippen LogP contribution is 2.36. The van der Waals surface area contributed by atoms with E-state index in [4.69, 9.17) is 4.74 Å². The van der Waals surface area contributed by atoms with Crippen LogP contribution in [0.3, 0.4) is 0 Å². The Hall–Kier alpha value is -2.14. The van der Waals surface area contributed by atoms with Gasteiger partial charge >= 0.3 is 0 Å². The molecule has 1 saturated heterocycles. The lowest BCUT2D eigenvalue weighted by atomic mass is 9.82. The second kappa shape index (κ2) is 9.25. The van der Waals surface area contributed by atoms with Gasteiger partial charge in [0.15, 0.2) is 0 Å². The molecule has 1 fully saturated rings. The highest BCUT2D eigenvalue weighted by atomic mass is 32.2. The summed E-state index contributed by atoms with van der Waals surface area (Å²) in [6.07, 6.45) is 6.08. The first-order valence-corrected chi connectivity index (χ1v) is 14.8. The van der Waals surface area contributed by atoms with Crippen LogP contribution in [-0.4, -0.2) is 59.5 Å². The van der Waals surface area contributed by atoms with Gasteiger partial charge in [-0.1, -0.05) is 18.2 Å². The summed E-state index contributed by atoms with van der Waals surface area (Å²) in [5.74, 6) is 0. The number of piperidine rings is 1. The summed E-state index contributed by atoms with van der Waals surface area (Å²) in [6, 6.07) is 13.2. The predicted octanol–water partition coefficient (Wildman–Crippen LogP) is 2.58. The molecule has 1 spiro atoms. The van der Waals surface area contributed by atoms with Crippen LogP contribution in [0.15, 0.2) is 42.5 Å². The van der Waals surface area contributed by atoms with Gasteiger partial charge in [-0.05, 0) is 66.8 Å². The van der Waals surface area contributed by atoms with Gasteiger partial charge in [-0.3, -0.25) is 9.44 Å². The highest BCUT2D eigenvalue weighted by molar-refractivity contribution is 7.92. The summed E-state index contributed by atoms with van der Waals surface area (Å²) in [7, 11) is -6.58. The van der Waals surface area contributed by atoms with Crippen molar-refractivity contribution >= 4 is 31.4 Å². The van der Waals surface area contributed by atoms with Gasteiger partial charge in [0.25, 0.3) is 0 Å². The molecule has 2 aromatic carbocycles. The Kier molecular flexibility index (Phi) is 6.73. The monoisotopic (exact) mass is 493 g/mol. The number of rotatable bonds is 7. The molecule has 10 heteroatoms. The molecule has 2 heterocycles. The van der Waals surface area contributed by atoms with Crippen LogP contribution in [0.5, 0.6) is 0 Å². The standard InChI is InChI=1S/C23H31N3O5S2/c1-32(27,28)24-21-7-4-18(5-8-21)10-13-26-12-3-11-23(17-26)15-19-6-9-22(25-33(2,29)30)14-20(19)16-31-23/h4-9,14,24-25H,3,10-13,15-17H2,1-2H3. The Labute approximate surface area is 196 Å². The van der Waals surface area contributed by atoms with E-state index in [1.807, 2.05) is 30.3 Å². The minimum atomic E-state index is -3.31. The molecular formula is C23H31N3O5S2. The normalized spacial score (nSPS) is 21.5. The molecule has 1 unspecified atom stereocenters. The molecule has 2 aliphatic heterocycles. The van der Waals surface area contributed by atoms with E-state index in [0.717, 1.165) is 69.0 Å². The topological polar surface area (TPSA) is 105 Å². The first kappa shape index (κ1) is 24.0. The van der Waals surface area contributed by atoms with Crippen LogP contribution in [0.25, 0.3) is 0 Å². The smallest absolute Gasteiger partial charge is 0.229 e. The summed E-state index contributed by atoms with van der Waals surface area (Å²) in [5.41, 5.74) is 4.35. The Morgan fingerprint density at radius 2 is 1.61 bits per heavy atom. The van der Waals surface area contributed by atoms with Crippen molar-refractivity contribution in [3.63, 3.8) is 0 Å². The van der Waals surface area contributed by atoms with Gasteiger partial charge in [-0.25, -0.2) is 16.8 Å². The maximum Gasteiger partial charge on any atom is 0.229 e. The van der Waals surface area contributed by atoms with E-state index in [2.05, 4.69) is 14.3 Å². The number of likely N-dealkylation sites (tertiary alicyclic amines) is 1. The molecule has 8 nitrogen and oxygen atoms in total. The molecule has 2 aromatic rings. The fourth-order valence-corrected chi connectivity index (χ4v) is 5.84. The highest BCUT2D eigenvalue weighted by Gasteiger charge is 2.39. The zero-order valence-electron chi connectivity index (χ0n) is 19.0. The van der Waals surface area contributed by atoms with Crippen molar-refractivity contribution in [1.82, 2.24) is 4.90 Å². The third-order valence-corrected chi connectivity index (χ3v) is 7.36. The van der Waals surface area contributed by atoms with Crippen LogP contribution in [0.1, 0.15) is 29.5 Å². The number of hydrogen-bond donors (Lipinski definition) is 2. The van der Waals surface area contributed by atoms with Crippen LogP contribution >= 0.6 is 0 Å². The average molecular weight is 494 g/mol. The van der Waals surface area contributed by atoms with Crippen molar-refractivity contribution < 1.29 is 21.6 Å². The van der Waals surface area contributed by atoms with Gasteiger partial charge in [0.1, 0.15) is 0 Å². The summed E-state index contributed by atoms with van der Waals surface area (Å²) >= 11 is 0. The molecule has 0 aliphatic carbocycles. The van der Waals surface area contributed by atoms with E-state index in [9.17, 15) is 16.8 Å². The van der Waals surface area contributed by atoms with Crippen molar-refractivity contribution in [2.24, 2.45) is 0 Å². The van der Waals surface area contributed by atoms with E-state index >= 15 is 0 Å². The van der Waals surface area contributed by atoms with Crippen molar-refractivity contribution in [3.05, 3.63) is 59.2 Å². The predicted molar refractivity (Wildman–Crippen MR) is 130 cm³/mol. The second-order valence-electron chi connectivity index (χ2n) is 9.21. The lowest BCUT2D eigenvalue weighted by molar-refractivity contribution is -0.107. The molecule has 0 amide bonds. The molecule has 0 bridgehead atoms. The van der Waals surface area contributed by atoms with Gasteiger partial charge in [0.2, 0.25) is 20.0 Å². The summed E-state index contributed by atoms with van der Waals surface area (Å²) < 4.78 is 57.1. The van der Waals surface area contributed by atoms with Crippen LogP contribution in [0, 0.1) is 0 Å². The SMILES string of the molecule is CS(=O)(=O)Nc1ccc(CCN2CCCC3(Cc4ccc(NS(C)(=O)=O)cc4CO3)C2)cc1. The number of nitrogens with zero attached hydrogens (tertiary/aromatic N) is 1. The molecule has 0 saturated carbocycles. The maximum atomic E-state index is 11.5. The Balaban J connectivity index is 1.36. The lowest BCUT2D eigenvalue weighted by Crippen LogP contribution is -2.53. The zero-order valence-corrected chi connectivity index (χ0v) is 20.6. The van der Waals surface area contributed by atoms with Crippen LogP contribution in [0.2, 0.25) is 0 Å². The van der Waals surface area contributed by atoms with E-state index in [-0.39, 0.29) is 5.60 Å².